The van der Waals surface area contributed by atoms with E-state index in [1.807, 2.05) is 5.40 Å². The molecule has 1 aromatic carbocycles. The summed E-state index contributed by atoms with van der Waals surface area (Å²) in [5.74, 6) is 0. The van der Waals surface area contributed by atoms with Crippen molar-refractivity contribution >= 4 is 27.7 Å². The molecule has 0 fully saturated rings. The lowest BCUT2D eigenvalue weighted by Gasteiger charge is -2.08. The lowest BCUT2D eigenvalue weighted by Crippen LogP contribution is -2.33. The van der Waals surface area contributed by atoms with Crippen molar-refractivity contribution in [2.75, 3.05) is 17.8 Å². The van der Waals surface area contributed by atoms with Crippen molar-refractivity contribution in [1.82, 2.24) is 4.72 Å². The highest BCUT2D eigenvalue weighted by atomic mass is 32.2. The molecule has 0 unspecified atom stereocenters. The van der Waals surface area contributed by atoms with Gasteiger partial charge in [0.25, 0.3) is 10.2 Å². The second-order valence-corrected chi connectivity index (χ2v) is 5.36. The van der Waals surface area contributed by atoms with Gasteiger partial charge in [0, 0.05) is 23.7 Å². The molecule has 0 aromatic heterocycles. The highest BCUT2D eigenvalue weighted by Crippen LogP contribution is 2.19. The summed E-state index contributed by atoms with van der Waals surface area (Å²) in [6.45, 7) is 0.413. The second kappa shape index (κ2) is 6.46. The summed E-state index contributed by atoms with van der Waals surface area (Å²) in [6, 6.07) is 6.49. The molecule has 17 heavy (non-hydrogen) atoms. The van der Waals surface area contributed by atoms with Crippen molar-refractivity contribution in [3.05, 3.63) is 24.3 Å². The topological polar surface area (TPSA) is 108 Å². The maximum absolute atomic E-state index is 11.4. The molecule has 0 aliphatic rings. The number of thiocyanates is 1. The SMILES string of the molecule is N#CSc1ccc(NS(=O)(=O)NCCN)cc1. The Morgan fingerprint density at radius 3 is 2.53 bits per heavy atom. The normalized spacial score (nSPS) is 10.8. The predicted octanol–water partition coefficient (Wildman–Crippen LogP) is 0.465. The van der Waals surface area contributed by atoms with Gasteiger partial charge in [-0.15, -0.1) is 0 Å². The number of benzene rings is 1. The van der Waals surface area contributed by atoms with E-state index in [1.54, 1.807) is 24.3 Å². The van der Waals surface area contributed by atoms with Gasteiger partial charge in [-0.3, -0.25) is 4.72 Å². The third-order valence-electron chi connectivity index (χ3n) is 1.71. The van der Waals surface area contributed by atoms with Crippen LogP contribution in [0, 0.1) is 10.7 Å². The number of nitriles is 1. The Morgan fingerprint density at radius 1 is 1.35 bits per heavy atom. The molecule has 92 valence electrons. The van der Waals surface area contributed by atoms with Gasteiger partial charge in [0.1, 0.15) is 5.40 Å². The van der Waals surface area contributed by atoms with Crippen LogP contribution in [0.1, 0.15) is 0 Å². The molecular weight excluding hydrogens is 260 g/mol. The Balaban J connectivity index is 2.66. The van der Waals surface area contributed by atoms with E-state index in [-0.39, 0.29) is 13.1 Å². The molecule has 4 N–H and O–H groups in total. The first-order chi connectivity index (χ1) is 8.07. The monoisotopic (exact) mass is 272 g/mol. The molecule has 0 radical (unpaired) electrons. The number of anilines is 1. The summed E-state index contributed by atoms with van der Waals surface area (Å²) in [4.78, 5) is 0.755. The fourth-order valence-corrected chi connectivity index (χ4v) is 2.31. The third kappa shape index (κ3) is 5.06. The zero-order valence-electron chi connectivity index (χ0n) is 8.88. The van der Waals surface area contributed by atoms with Crippen LogP contribution >= 0.6 is 11.8 Å². The average Bonchev–Trinajstić information content (AvgIpc) is 2.29. The Morgan fingerprint density at radius 2 is 2.00 bits per heavy atom. The van der Waals surface area contributed by atoms with Crippen molar-refractivity contribution in [1.29, 1.82) is 5.26 Å². The molecule has 1 aromatic rings. The van der Waals surface area contributed by atoms with E-state index in [9.17, 15) is 8.42 Å². The molecule has 0 heterocycles. The minimum Gasteiger partial charge on any atom is -0.329 e. The fraction of sp³-hybridized carbons (Fsp3) is 0.222. The van der Waals surface area contributed by atoms with E-state index < -0.39 is 10.2 Å². The van der Waals surface area contributed by atoms with Gasteiger partial charge in [-0.1, -0.05) is 0 Å². The number of thioether (sulfide) groups is 1. The number of nitrogens with one attached hydrogen (secondary N) is 2. The lowest BCUT2D eigenvalue weighted by atomic mass is 10.3. The van der Waals surface area contributed by atoms with Gasteiger partial charge in [-0.05, 0) is 36.0 Å². The summed E-state index contributed by atoms with van der Waals surface area (Å²) in [5, 5.41) is 10.4. The van der Waals surface area contributed by atoms with E-state index in [1.165, 1.54) is 0 Å². The van der Waals surface area contributed by atoms with Gasteiger partial charge < -0.3 is 5.73 Å². The van der Waals surface area contributed by atoms with Gasteiger partial charge in [0.15, 0.2) is 0 Å². The molecular formula is C9H12N4O2S2. The van der Waals surface area contributed by atoms with E-state index >= 15 is 0 Å². The van der Waals surface area contributed by atoms with Crippen LogP contribution in [0.2, 0.25) is 0 Å². The van der Waals surface area contributed by atoms with E-state index in [4.69, 9.17) is 11.0 Å². The standard InChI is InChI=1S/C9H12N4O2S2/c10-5-6-12-17(14,15)13-8-1-3-9(4-2-8)16-7-11/h1-4,12-13H,5-6,10H2. The van der Waals surface area contributed by atoms with Crippen molar-refractivity contribution in [3.63, 3.8) is 0 Å². The van der Waals surface area contributed by atoms with Crippen LogP contribution in [0.4, 0.5) is 5.69 Å². The first-order valence-electron chi connectivity index (χ1n) is 4.71. The molecule has 0 bridgehead atoms. The van der Waals surface area contributed by atoms with Crippen molar-refractivity contribution in [3.8, 4) is 5.40 Å². The van der Waals surface area contributed by atoms with Gasteiger partial charge in [0.2, 0.25) is 0 Å². The third-order valence-corrected chi connectivity index (χ3v) is 3.39. The number of hydrogen-bond acceptors (Lipinski definition) is 5. The quantitative estimate of drug-likeness (QED) is 0.515. The average molecular weight is 272 g/mol. The maximum Gasteiger partial charge on any atom is 0.299 e. The van der Waals surface area contributed by atoms with Gasteiger partial charge in [-0.25, -0.2) is 0 Å². The minimum absolute atomic E-state index is 0.178. The molecule has 1 rings (SSSR count). The summed E-state index contributed by atoms with van der Waals surface area (Å²) < 4.78 is 27.5. The van der Waals surface area contributed by atoms with Crippen LogP contribution in [0.15, 0.2) is 29.2 Å². The highest BCUT2D eigenvalue weighted by molar-refractivity contribution is 8.03. The number of rotatable bonds is 6. The van der Waals surface area contributed by atoms with E-state index in [2.05, 4.69) is 9.44 Å². The summed E-state index contributed by atoms with van der Waals surface area (Å²) in [6.07, 6.45) is 0. The number of nitrogens with zero attached hydrogens (tertiary/aromatic N) is 1. The second-order valence-electron chi connectivity index (χ2n) is 3.01. The van der Waals surface area contributed by atoms with Crippen LogP contribution < -0.4 is 15.2 Å². The Hall–Kier alpha value is -1.27. The molecule has 0 amide bonds. The zero-order chi connectivity index (χ0) is 12.7. The van der Waals surface area contributed by atoms with Crippen molar-refractivity contribution in [2.45, 2.75) is 4.90 Å². The molecule has 0 aliphatic carbocycles. The largest absolute Gasteiger partial charge is 0.329 e. The molecule has 0 spiro atoms. The van der Waals surface area contributed by atoms with E-state index in [0.717, 1.165) is 16.7 Å². The predicted molar refractivity (Wildman–Crippen MR) is 67.5 cm³/mol. The van der Waals surface area contributed by atoms with Crippen LogP contribution in [-0.4, -0.2) is 21.5 Å². The maximum atomic E-state index is 11.4. The Bertz CT molecular complexity index is 493. The van der Waals surface area contributed by atoms with E-state index in [0.29, 0.717) is 5.69 Å². The molecule has 0 saturated heterocycles. The van der Waals surface area contributed by atoms with Crippen LogP contribution in [-0.2, 0) is 10.2 Å². The van der Waals surface area contributed by atoms with Gasteiger partial charge >= 0.3 is 0 Å². The van der Waals surface area contributed by atoms with Gasteiger partial charge in [0.05, 0.1) is 0 Å². The molecule has 0 saturated carbocycles. The van der Waals surface area contributed by atoms with Crippen molar-refractivity contribution < 1.29 is 8.42 Å². The van der Waals surface area contributed by atoms with Crippen LogP contribution in [0.3, 0.4) is 0 Å². The minimum atomic E-state index is -3.57. The Labute approximate surface area is 104 Å². The zero-order valence-corrected chi connectivity index (χ0v) is 10.5. The van der Waals surface area contributed by atoms with Gasteiger partial charge in [-0.2, -0.15) is 18.4 Å². The van der Waals surface area contributed by atoms with Crippen molar-refractivity contribution in [2.24, 2.45) is 5.73 Å². The first-order valence-corrected chi connectivity index (χ1v) is 7.01. The van der Waals surface area contributed by atoms with Crippen LogP contribution in [0.25, 0.3) is 0 Å². The molecule has 8 heteroatoms. The smallest absolute Gasteiger partial charge is 0.299 e. The first kappa shape index (κ1) is 13.8. The molecule has 6 nitrogen and oxygen atoms in total. The molecule has 0 aliphatic heterocycles. The highest BCUT2D eigenvalue weighted by Gasteiger charge is 2.07. The number of nitrogens with two attached hydrogens (primary N) is 1. The summed E-state index contributed by atoms with van der Waals surface area (Å²) >= 11 is 1.01. The number of hydrogen-bond donors (Lipinski definition) is 3. The summed E-state index contributed by atoms with van der Waals surface area (Å²) in [7, 11) is -3.57. The summed E-state index contributed by atoms with van der Waals surface area (Å²) in [5.41, 5.74) is 5.62. The molecule has 0 atom stereocenters. The lowest BCUT2D eigenvalue weighted by molar-refractivity contribution is 0.587. The fourth-order valence-electron chi connectivity index (χ4n) is 1.03. The Kier molecular flexibility index (Phi) is 5.24. The van der Waals surface area contributed by atoms with Crippen LogP contribution in [0.5, 0.6) is 0 Å².